The van der Waals surface area contributed by atoms with Crippen molar-refractivity contribution in [3.8, 4) is 0 Å². The number of benzene rings is 2. The van der Waals surface area contributed by atoms with Crippen molar-refractivity contribution in [1.29, 1.82) is 0 Å². The summed E-state index contributed by atoms with van der Waals surface area (Å²) in [7, 11) is -1.51. The van der Waals surface area contributed by atoms with Gasteiger partial charge in [0, 0.05) is 0 Å². The van der Waals surface area contributed by atoms with Crippen LogP contribution in [0.5, 0.6) is 0 Å². The summed E-state index contributed by atoms with van der Waals surface area (Å²) in [5.41, 5.74) is 2.16. The first kappa shape index (κ1) is 14.1. The Morgan fingerprint density at radius 3 is 1.68 bits per heavy atom. The van der Waals surface area contributed by atoms with E-state index in [0.29, 0.717) is 11.5 Å². The standard InChI is InChI=1S/C18H24Si/c1-15(2)18(16-11-7-5-8-12-16)19(3,4)17-13-9-6-10-14-17/h5-15,18H,1-4H3/t18-/m0/s1. The topological polar surface area (TPSA) is 0 Å². The van der Waals surface area contributed by atoms with E-state index in [4.69, 9.17) is 0 Å². The molecule has 0 saturated heterocycles. The molecule has 0 spiro atoms. The van der Waals surface area contributed by atoms with Gasteiger partial charge in [-0.1, -0.05) is 92.8 Å². The average Bonchev–Trinajstić information content (AvgIpc) is 2.40. The normalized spacial score (nSPS) is 13.5. The quantitative estimate of drug-likeness (QED) is 0.712. The van der Waals surface area contributed by atoms with Crippen LogP contribution in [0, 0.1) is 5.92 Å². The van der Waals surface area contributed by atoms with Gasteiger partial charge in [-0.15, -0.1) is 0 Å². The van der Waals surface area contributed by atoms with Gasteiger partial charge in [-0.25, -0.2) is 0 Å². The molecule has 0 N–H and O–H groups in total. The van der Waals surface area contributed by atoms with Crippen molar-refractivity contribution >= 4 is 13.3 Å². The second-order valence-electron chi connectivity index (χ2n) is 6.22. The Hall–Kier alpha value is -1.34. The molecule has 0 fully saturated rings. The molecule has 2 aromatic rings. The lowest BCUT2D eigenvalue weighted by molar-refractivity contribution is 0.607. The van der Waals surface area contributed by atoms with Crippen molar-refractivity contribution in [2.24, 2.45) is 5.92 Å². The average molecular weight is 268 g/mol. The Balaban J connectivity index is 2.45. The predicted octanol–water partition coefficient (Wildman–Crippen LogP) is 4.58. The highest BCUT2D eigenvalue weighted by molar-refractivity contribution is 6.90. The van der Waals surface area contributed by atoms with Crippen molar-refractivity contribution in [1.82, 2.24) is 0 Å². The highest BCUT2D eigenvalue weighted by atomic mass is 28.3. The van der Waals surface area contributed by atoms with E-state index in [-0.39, 0.29) is 0 Å². The van der Waals surface area contributed by atoms with Crippen molar-refractivity contribution in [2.75, 3.05) is 0 Å². The van der Waals surface area contributed by atoms with Crippen molar-refractivity contribution < 1.29 is 0 Å². The van der Waals surface area contributed by atoms with Gasteiger partial charge in [-0.2, -0.15) is 0 Å². The van der Waals surface area contributed by atoms with E-state index < -0.39 is 8.07 Å². The zero-order valence-electron chi connectivity index (χ0n) is 12.4. The zero-order chi connectivity index (χ0) is 13.9. The van der Waals surface area contributed by atoms with Crippen molar-refractivity contribution in [3.05, 3.63) is 66.2 Å². The Kier molecular flexibility index (Phi) is 4.26. The SMILES string of the molecule is CC(C)[C@@H](c1ccccc1)[Si](C)(C)c1ccccc1. The van der Waals surface area contributed by atoms with Gasteiger partial charge in [0.2, 0.25) is 0 Å². The van der Waals surface area contributed by atoms with E-state index in [2.05, 4.69) is 87.6 Å². The fourth-order valence-electron chi connectivity index (χ4n) is 3.34. The summed E-state index contributed by atoms with van der Waals surface area (Å²) in [5, 5.41) is 1.55. The Morgan fingerprint density at radius 2 is 1.21 bits per heavy atom. The minimum absolute atomic E-state index is 0.663. The molecule has 0 aliphatic carbocycles. The van der Waals surface area contributed by atoms with Crippen molar-refractivity contribution in [3.63, 3.8) is 0 Å². The molecule has 19 heavy (non-hydrogen) atoms. The molecule has 1 heteroatoms. The molecule has 0 heterocycles. The predicted molar refractivity (Wildman–Crippen MR) is 87.6 cm³/mol. The lowest BCUT2D eigenvalue weighted by atomic mass is 10.0. The van der Waals surface area contributed by atoms with Crippen LogP contribution in [0.4, 0.5) is 0 Å². The maximum Gasteiger partial charge on any atom is 0.0882 e. The van der Waals surface area contributed by atoms with Gasteiger partial charge in [0.15, 0.2) is 0 Å². The van der Waals surface area contributed by atoms with Crippen LogP contribution in [0.2, 0.25) is 13.1 Å². The highest BCUT2D eigenvalue weighted by Crippen LogP contribution is 2.33. The fourth-order valence-corrected chi connectivity index (χ4v) is 7.45. The lowest BCUT2D eigenvalue weighted by Crippen LogP contribution is -2.49. The summed E-state index contributed by atoms with van der Waals surface area (Å²) < 4.78 is 0. The second kappa shape index (κ2) is 5.75. The zero-order valence-corrected chi connectivity index (χ0v) is 13.4. The van der Waals surface area contributed by atoms with Crippen LogP contribution in [0.1, 0.15) is 25.0 Å². The van der Waals surface area contributed by atoms with E-state index in [9.17, 15) is 0 Å². The summed E-state index contributed by atoms with van der Waals surface area (Å²) in [6, 6.07) is 22.1. The molecule has 0 radical (unpaired) electrons. The summed E-state index contributed by atoms with van der Waals surface area (Å²) >= 11 is 0. The molecule has 2 rings (SSSR count). The van der Waals surface area contributed by atoms with Gasteiger partial charge in [-0.3, -0.25) is 0 Å². The number of rotatable bonds is 4. The van der Waals surface area contributed by atoms with E-state index >= 15 is 0 Å². The smallest absolute Gasteiger partial charge is 0.0650 e. The van der Waals surface area contributed by atoms with Crippen molar-refractivity contribution in [2.45, 2.75) is 32.5 Å². The summed E-state index contributed by atoms with van der Waals surface area (Å²) in [5.74, 6) is 0.671. The van der Waals surface area contributed by atoms with Gasteiger partial charge in [0.1, 0.15) is 0 Å². The third-order valence-corrected chi connectivity index (χ3v) is 8.50. The molecule has 100 valence electrons. The summed E-state index contributed by atoms with van der Waals surface area (Å²) in [4.78, 5) is 0. The first-order valence-electron chi connectivity index (χ1n) is 7.14. The largest absolute Gasteiger partial charge is 0.0882 e. The molecule has 0 aliphatic heterocycles. The molecule has 0 aliphatic rings. The second-order valence-corrected chi connectivity index (χ2v) is 10.9. The number of hydrogen-bond donors (Lipinski definition) is 0. The first-order valence-corrected chi connectivity index (χ1v) is 10.2. The maximum atomic E-state index is 2.50. The van der Waals surface area contributed by atoms with E-state index in [1.807, 2.05) is 0 Å². The molecule has 1 atom stereocenters. The molecule has 2 aromatic carbocycles. The monoisotopic (exact) mass is 268 g/mol. The van der Waals surface area contributed by atoms with Crippen LogP contribution in [-0.2, 0) is 0 Å². The molecule has 0 aromatic heterocycles. The van der Waals surface area contributed by atoms with Gasteiger partial charge in [0.05, 0.1) is 8.07 Å². The minimum Gasteiger partial charge on any atom is -0.0650 e. The summed E-state index contributed by atoms with van der Waals surface area (Å²) in [6.07, 6.45) is 0. The van der Waals surface area contributed by atoms with Crippen LogP contribution < -0.4 is 5.19 Å². The third kappa shape index (κ3) is 2.98. The molecule has 0 bridgehead atoms. The number of hydrogen-bond acceptors (Lipinski definition) is 0. The molecule has 0 unspecified atom stereocenters. The summed E-state index contributed by atoms with van der Waals surface area (Å²) in [6.45, 7) is 9.71. The van der Waals surface area contributed by atoms with Crippen LogP contribution in [0.15, 0.2) is 60.7 Å². The van der Waals surface area contributed by atoms with E-state index in [0.717, 1.165) is 0 Å². The van der Waals surface area contributed by atoms with Crippen LogP contribution in [0.25, 0.3) is 0 Å². The minimum atomic E-state index is -1.51. The molecular weight excluding hydrogens is 244 g/mol. The fraction of sp³-hybridized carbons (Fsp3) is 0.333. The van der Waals surface area contributed by atoms with E-state index in [1.54, 1.807) is 5.19 Å². The molecule has 0 nitrogen and oxygen atoms in total. The molecule has 0 saturated carbocycles. The van der Waals surface area contributed by atoms with Gasteiger partial charge in [-0.05, 0) is 17.0 Å². The van der Waals surface area contributed by atoms with Crippen LogP contribution in [0.3, 0.4) is 0 Å². The van der Waals surface area contributed by atoms with Gasteiger partial charge >= 0.3 is 0 Å². The Bertz CT molecular complexity index is 500. The maximum absolute atomic E-state index is 2.50. The first-order chi connectivity index (χ1) is 9.03. The lowest BCUT2D eigenvalue weighted by Gasteiger charge is -2.36. The molecular formula is C18H24Si. The van der Waals surface area contributed by atoms with Crippen LogP contribution >= 0.6 is 0 Å². The van der Waals surface area contributed by atoms with E-state index in [1.165, 1.54) is 5.56 Å². The third-order valence-electron chi connectivity index (χ3n) is 4.12. The Labute approximate surface area is 118 Å². The van der Waals surface area contributed by atoms with Gasteiger partial charge in [0.25, 0.3) is 0 Å². The van der Waals surface area contributed by atoms with Gasteiger partial charge < -0.3 is 0 Å². The molecule has 0 amide bonds. The Morgan fingerprint density at radius 1 is 0.737 bits per heavy atom. The highest BCUT2D eigenvalue weighted by Gasteiger charge is 2.36. The van der Waals surface area contributed by atoms with Crippen LogP contribution in [-0.4, -0.2) is 8.07 Å².